The molecule has 0 saturated carbocycles. The van der Waals surface area contributed by atoms with Gasteiger partial charge >= 0.3 is 0 Å². The number of aromatic nitrogens is 2. The van der Waals surface area contributed by atoms with Gasteiger partial charge in [0.25, 0.3) is 5.69 Å². The Morgan fingerprint density at radius 1 is 1.41 bits per heavy atom. The molecule has 0 radical (unpaired) electrons. The van der Waals surface area contributed by atoms with Crippen LogP contribution in [0.5, 0.6) is 5.75 Å². The van der Waals surface area contributed by atoms with Gasteiger partial charge in [-0.15, -0.1) is 12.4 Å². The number of non-ortho nitro benzene ring substituents is 1. The van der Waals surface area contributed by atoms with Crippen LogP contribution >= 0.6 is 12.4 Å². The topological polar surface area (TPSA) is 120 Å². The minimum atomic E-state index is -4.04. The average molecular weight is 418 g/mol. The standard InChI is InChI=1S/C15H19N5O5S.ClH/c1-18-7-6-17-15(18)12-10-16-5-8-19(12)26(23,24)14-9-11(20(21)22)3-4-13(14)25-2;/h3-4,6-7,9,12,16H,5,8,10H2,1-2H3;1H. The Morgan fingerprint density at radius 2 is 2.15 bits per heavy atom. The van der Waals surface area contributed by atoms with Crippen LogP contribution in [-0.2, 0) is 17.1 Å². The van der Waals surface area contributed by atoms with E-state index in [0.717, 1.165) is 6.07 Å². The molecule has 1 aromatic carbocycles. The lowest BCUT2D eigenvalue weighted by Crippen LogP contribution is -2.49. The second-order valence-corrected chi connectivity index (χ2v) is 7.68. The van der Waals surface area contributed by atoms with Gasteiger partial charge in [0.05, 0.1) is 18.1 Å². The van der Waals surface area contributed by atoms with E-state index in [-0.39, 0.29) is 35.3 Å². The van der Waals surface area contributed by atoms with Crippen molar-refractivity contribution < 1.29 is 18.1 Å². The van der Waals surface area contributed by atoms with Gasteiger partial charge in [0.1, 0.15) is 16.5 Å². The minimum absolute atomic E-state index is 0. The van der Waals surface area contributed by atoms with Gasteiger partial charge in [0, 0.05) is 51.2 Å². The second-order valence-electron chi connectivity index (χ2n) is 5.82. The van der Waals surface area contributed by atoms with E-state index in [2.05, 4.69) is 10.3 Å². The summed E-state index contributed by atoms with van der Waals surface area (Å²) in [7, 11) is -0.927. The summed E-state index contributed by atoms with van der Waals surface area (Å²) in [6, 6.07) is 3.01. The summed E-state index contributed by atoms with van der Waals surface area (Å²) < 4.78 is 34.8. The van der Waals surface area contributed by atoms with Gasteiger partial charge in [-0.05, 0) is 6.07 Å². The zero-order chi connectivity index (χ0) is 18.9. The third kappa shape index (κ3) is 3.90. The van der Waals surface area contributed by atoms with Crippen molar-refractivity contribution in [3.05, 3.63) is 46.5 Å². The molecule has 2 aromatic rings. The van der Waals surface area contributed by atoms with Crippen molar-refractivity contribution in [1.82, 2.24) is 19.2 Å². The number of benzene rings is 1. The van der Waals surface area contributed by atoms with Crippen LogP contribution in [0.3, 0.4) is 0 Å². The van der Waals surface area contributed by atoms with E-state index in [1.807, 2.05) is 0 Å². The molecule has 1 unspecified atom stereocenters. The van der Waals surface area contributed by atoms with Crippen LogP contribution in [0, 0.1) is 10.1 Å². The molecule has 2 heterocycles. The first-order chi connectivity index (χ1) is 12.4. The number of nitrogens with zero attached hydrogens (tertiary/aromatic N) is 4. The van der Waals surface area contributed by atoms with Gasteiger partial charge in [-0.1, -0.05) is 0 Å². The average Bonchev–Trinajstić information content (AvgIpc) is 3.06. The third-order valence-corrected chi connectivity index (χ3v) is 6.22. The number of piperazine rings is 1. The number of rotatable bonds is 5. The van der Waals surface area contributed by atoms with E-state index in [1.165, 1.54) is 23.5 Å². The van der Waals surface area contributed by atoms with Crippen molar-refractivity contribution in [2.24, 2.45) is 7.05 Å². The number of nitro benzene ring substituents is 1. The number of nitro groups is 1. The van der Waals surface area contributed by atoms with E-state index in [9.17, 15) is 18.5 Å². The quantitative estimate of drug-likeness (QED) is 0.571. The lowest BCUT2D eigenvalue weighted by molar-refractivity contribution is -0.385. The van der Waals surface area contributed by atoms with Crippen molar-refractivity contribution in [2.75, 3.05) is 26.7 Å². The summed E-state index contributed by atoms with van der Waals surface area (Å²) in [5, 5.41) is 14.2. The zero-order valence-corrected chi connectivity index (χ0v) is 16.4. The molecular weight excluding hydrogens is 398 g/mol. The Kier molecular flexibility index (Phi) is 6.42. The summed E-state index contributed by atoms with van der Waals surface area (Å²) in [4.78, 5) is 14.5. The summed E-state index contributed by atoms with van der Waals surface area (Å²) in [6.07, 6.45) is 3.34. The molecule has 1 atom stereocenters. The van der Waals surface area contributed by atoms with Crippen LogP contribution in [0.1, 0.15) is 11.9 Å². The molecule has 1 saturated heterocycles. The molecule has 1 N–H and O–H groups in total. The largest absolute Gasteiger partial charge is 0.495 e. The molecule has 1 aliphatic heterocycles. The predicted octanol–water partition coefficient (Wildman–Crippen LogP) is 1.09. The van der Waals surface area contributed by atoms with Crippen molar-refractivity contribution in [3.63, 3.8) is 0 Å². The highest BCUT2D eigenvalue weighted by molar-refractivity contribution is 7.89. The number of halogens is 1. The Bertz CT molecular complexity index is 932. The number of hydrogen-bond donors (Lipinski definition) is 1. The summed E-state index contributed by atoms with van der Waals surface area (Å²) in [6.45, 7) is 1.07. The maximum atomic E-state index is 13.3. The molecule has 1 aromatic heterocycles. The second kappa shape index (κ2) is 8.21. The molecule has 0 spiro atoms. The van der Waals surface area contributed by atoms with Crippen molar-refractivity contribution in [2.45, 2.75) is 10.9 Å². The molecule has 0 bridgehead atoms. The first kappa shape index (κ1) is 21.1. The molecular formula is C15H20ClN5O5S. The summed E-state index contributed by atoms with van der Waals surface area (Å²) >= 11 is 0. The molecule has 3 rings (SSSR count). The van der Waals surface area contributed by atoms with Gasteiger partial charge in [-0.2, -0.15) is 4.31 Å². The van der Waals surface area contributed by atoms with E-state index in [4.69, 9.17) is 4.74 Å². The monoisotopic (exact) mass is 417 g/mol. The Hall–Kier alpha value is -2.21. The first-order valence-electron chi connectivity index (χ1n) is 7.88. The van der Waals surface area contributed by atoms with Gasteiger partial charge in [-0.25, -0.2) is 13.4 Å². The van der Waals surface area contributed by atoms with Gasteiger partial charge in [-0.3, -0.25) is 10.1 Å². The first-order valence-corrected chi connectivity index (χ1v) is 9.32. The Labute approximate surface area is 162 Å². The van der Waals surface area contributed by atoms with Crippen LogP contribution in [-0.4, -0.2) is 53.9 Å². The van der Waals surface area contributed by atoms with Gasteiger partial charge in [0.2, 0.25) is 10.0 Å². The van der Waals surface area contributed by atoms with E-state index < -0.39 is 21.0 Å². The fourth-order valence-electron chi connectivity index (χ4n) is 3.00. The van der Waals surface area contributed by atoms with Gasteiger partial charge in [0.15, 0.2) is 0 Å². The highest BCUT2D eigenvalue weighted by Gasteiger charge is 2.38. The van der Waals surface area contributed by atoms with Crippen molar-refractivity contribution >= 4 is 28.1 Å². The number of aryl methyl sites for hydroxylation is 1. The van der Waals surface area contributed by atoms with Crippen molar-refractivity contribution in [3.8, 4) is 5.75 Å². The van der Waals surface area contributed by atoms with Crippen LogP contribution in [0.2, 0.25) is 0 Å². The Morgan fingerprint density at radius 3 is 2.74 bits per heavy atom. The Balaban J connectivity index is 0.00000261. The molecule has 10 nitrogen and oxygen atoms in total. The molecule has 1 fully saturated rings. The fraction of sp³-hybridized carbons (Fsp3) is 0.400. The molecule has 12 heteroatoms. The molecule has 148 valence electrons. The number of methoxy groups -OCH3 is 1. The SMILES string of the molecule is COc1ccc([N+](=O)[O-])cc1S(=O)(=O)N1CCNCC1c1nccn1C.Cl. The highest BCUT2D eigenvalue weighted by Crippen LogP contribution is 2.34. The maximum absolute atomic E-state index is 13.3. The van der Waals surface area contributed by atoms with Crippen molar-refractivity contribution in [1.29, 1.82) is 0 Å². The van der Waals surface area contributed by atoms with Crippen LogP contribution in [0.4, 0.5) is 5.69 Å². The third-order valence-electron chi connectivity index (χ3n) is 4.30. The van der Waals surface area contributed by atoms with Crippen LogP contribution in [0.25, 0.3) is 0 Å². The molecule has 0 amide bonds. The summed E-state index contributed by atoms with van der Waals surface area (Å²) in [5.41, 5.74) is -0.312. The number of ether oxygens (including phenoxy) is 1. The number of sulfonamides is 1. The number of hydrogen-bond acceptors (Lipinski definition) is 7. The smallest absolute Gasteiger partial charge is 0.271 e. The van der Waals surface area contributed by atoms with E-state index >= 15 is 0 Å². The minimum Gasteiger partial charge on any atom is -0.495 e. The molecule has 1 aliphatic rings. The normalized spacial score (nSPS) is 17.9. The molecule has 27 heavy (non-hydrogen) atoms. The zero-order valence-electron chi connectivity index (χ0n) is 14.7. The maximum Gasteiger partial charge on any atom is 0.271 e. The highest BCUT2D eigenvalue weighted by atomic mass is 35.5. The lowest BCUT2D eigenvalue weighted by Gasteiger charge is -2.34. The number of nitrogens with one attached hydrogen (secondary N) is 1. The van der Waals surface area contributed by atoms with Gasteiger partial charge < -0.3 is 14.6 Å². The fourth-order valence-corrected chi connectivity index (χ4v) is 4.76. The van der Waals surface area contributed by atoms with Crippen LogP contribution < -0.4 is 10.1 Å². The molecule has 0 aliphatic carbocycles. The van der Waals surface area contributed by atoms with E-state index in [1.54, 1.807) is 24.0 Å². The number of imidazole rings is 1. The summed E-state index contributed by atoms with van der Waals surface area (Å²) in [5.74, 6) is 0.651. The lowest BCUT2D eigenvalue weighted by atomic mass is 10.2. The predicted molar refractivity (Wildman–Crippen MR) is 99.6 cm³/mol. The van der Waals surface area contributed by atoms with E-state index in [0.29, 0.717) is 18.9 Å². The van der Waals surface area contributed by atoms with Crippen LogP contribution in [0.15, 0.2) is 35.5 Å².